The SMILES string of the molecule is CCC(C)C(C(=O)O)c1oc2ccccc2c1C(=O)c1cc(I)c(OCCN(CC)CC)c(I)c1. The molecule has 6 nitrogen and oxygen atoms in total. The van der Waals surface area contributed by atoms with Gasteiger partial charge in [0.15, 0.2) is 5.78 Å². The molecule has 1 heterocycles. The van der Waals surface area contributed by atoms with Crippen LogP contribution >= 0.6 is 45.2 Å². The van der Waals surface area contributed by atoms with Gasteiger partial charge in [-0.25, -0.2) is 0 Å². The molecule has 0 spiro atoms. The molecule has 3 aromatic rings. The Balaban J connectivity index is 2.02. The molecule has 0 saturated heterocycles. The van der Waals surface area contributed by atoms with Crippen molar-refractivity contribution in [3.63, 3.8) is 0 Å². The second-order valence-electron chi connectivity index (χ2n) is 8.51. The lowest BCUT2D eigenvalue weighted by Gasteiger charge is -2.19. The molecule has 3 rings (SSSR count). The molecule has 0 fully saturated rings. The fraction of sp³-hybridized carbons (Fsp3) is 0.407. The van der Waals surface area contributed by atoms with Crippen LogP contribution in [0.5, 0.6) is 5.75 Å². The van der Waals surface area contributed by atoms with Crippen molar-refractivity contribution in [3.8, 4) is 5.75 Å². The highest BCUT2D eigenvalue weighted by Crippen LogP contribution is 2.38. The van der Waals surface area contributed by atoms with Gasteiger partial charge in [0.1, 0.15) is 29.6 Å². The summed E-state index contributed by atoms with van der Waals surface area (Å²) >= 11 is 4.39. The number of carboxylic acid groups (broad SMARTS) is 1. The van der Waals surface area contributed by atoms with Crippen molar-refractivity contribution in [1.82, 2.24) is 4.90 Å². The predicted molar refractivity (Wildman–Crippen MR) is 155 cm³/mol. The van der Waals surface area contributed by atoms with Gasteiger partial charge < -0.3 is 19.2 Å². The van der Waals surface area contributed by atoms with Crippen molar-refractivity contribution in [2.45, 2.75) is 40.0 Å². The molecule has 8 heteroatoms. The van der Waals surface area contributed by atoms with E-state index < -0.39 is 11.9 Å². The zero-order valence-corrected chi connectivity index (χ0v) is 24.8. The quantitative estimate of drug-likeness (QED) is 0.165. The van der Waals surface area contributed by atoms with Crippen LogP contribution in [0.1, 0.15) is 61.7 Å². The molecule has 0 aliphatic heterocycles. The first-order chi connectivity index (χ1) is 16.7. The second kappa shape index (κ2) is 12.5. The van der Waals surface area contributed by atoms with E-state index in [1.807, 2.05) is 44.2 Å². The molecule has 0 amide bonds. The minimum atomic E-state index is -0.992. The zero-order chi connectivity index (χ0) is 25.7. The van der Waals surface area contributed by atoms with Gasteiger partial charge in [0, 0.05) is 17.5 Å². The third-order valence-electron chi connectivity index (χ3n) is 6.42. The Labute approximate surface area is 233 Å². The first kappa shape index (κ1) is 27.9. The van der Waals surface area contributed by atoms with Gasteiger partial charge in [-0.1, -0.05) is 52.3 Å². The topological polar surface area (TPSA) is 80.0 Å². The van der Waals surface area contributed by atoms with Crippen LogP contribution in [0.3, 0.4) is 0 Å². The number of carbonyl (C=O) groups excluding carboxylic acids is 1. The van der Waals surface area contributed by atoms with Gasteiger partial charge in [-0.15, -0.1) is 0 Å². The van der Waals surface area contributed by atoms with E-state index in [0.29, 0.717) is 35.1 Å². The summed E-state index contributed by atoms with van der Waals surface area (Å²) in [6.45, 7) is 11.4. The average Bonchev–Trinajstić information content (AvgIpc) is 3.21. The Morgan fingerprint density at radius 1 is 1.09 bits per heavy atom. The summed E-state index contributed by atoms with van der Waals surface area (Å²) in [6, 6.07) is 10.8. The minimum Gasteiger partial charge on any atom is -0.490 e. The molecule has 1 N–H and O–H groups in total. The summed E-state index contributed by atoms with van der Waals surface area (Å²) in [5.41, 5.74) is 1.33. The number of benzene rings is 2. The smallest absolute Gasteiger partial charge is 0.314 e. The van der Waals surface area contributed by atoms with Gasteiger partial charge in [-0.3, -0.25) is 9.59 Å². The molecule has 0 saturated carbocycles. The summed E-state index contributed by atoms with van der Waals surface area (Å²) in [6.07, 6.45) is 0.650. The van der Waals surface area contributed by atoms with Gasteiger partial charge in [0.05, 0.1) is 12.7 Å². The summed E-state index contributed by atoms with van der Waals surface area (Å²) < 4.78 is 13.8. The number of hydrogen-bond acceptors (Lipinski definition) is 5. The number of carboxylic acids is 1. The number of ether oxygens (including phenoxy) is 1. The fourth-order valence-electron chi connectivity index (χ4n) is 4.16. The molecule has 0 radical (unpaired) electrons. The van der Waals surface area contributed by atoms with Gasteiger partial charge in [-0.2, -0.15) is 0 Å². The maximum absolute atomic E-state index is 13.9. The number of furan rings is 1. The predicted octanol–water partition coefficient (Wildman–Crippen LogP) is 6.81. The normalized spacial score (nSPS) is 13.2. The van der Waals surface area contributed by atoms with E-state index in [4.69, 9.17) is 9.15 Å². The van der Waals surface area contributed by atoms with Gasteiger partial charge in [0.2, 0.25) is 0 Å². The Hall–Kier alpha value is -1.66. The van der Waals surface area contributed by atoms with Crippen LogP contribution in [-0.4, -0.2) is 48.0 Å². The number of para-hydroxylation sites is 1. The number of hydrogen-bond donors (Lipinski definition) is 1. The lowest BCUT2D eigenvalue weighted by atomic mass is 9.86. The number of nitrogens with zero attached hydrogens (tertiary/aromatic N) is 1. The standard InChI is InChI=1S/C27H31I2NO5/c1-5-16(4)22(27(32)33)26-23(18-10-8-9-11-21(18)35-26)24(31)17-14-19(28)25(20(29)15-17)34-13-12-30(6-2)7-3/h8-11,14-16,22H,5-7,12-13H2,1-4H3,(H,32,33). The minimum absolute atomic E-state index is 0.193. The molecule has 2 atom stereocenters. The zero-order valence-electron chi connectivity index (χ0n) is 20.4. The summed E-state index contributed by atoms with van der Waals surface area (Å²) in [5, 5.41) is 10.6. The Kier molecular flexibility index (Phi) is 10.00. The van der Waals surface area contributed by atoms with Crippen LogP contribution in [0.4, 0.5) is 0 Å². The van der Waals surface area contributed by atoms with Crippen molar-refractivity contribution in [1.29, 1.82) is 0 Å². The van der Waals surface area contributed by atoms with Crippen molar-refractivity contribution in [2.75, 3.05) is 26.2 Å². The van der Waals surface area contributed by atoms with E-state index in [1.54, 1.807) is 6.07 Å². The van der Waals surface area contributed by atoms with Crippen LogP contribution in [0.2, 0.25) is 0 Å². The number of fused-ring (bicyclic) bond motifs is 1. The van der Waals surface area contributed by atoms with E-state index in [-0.39, 0.29) is 17.5 Å². The number of aliphatic carboxylic acids is 1. The second-order valence-corrected chi connectivity index (χ2v) is 10.8. The highest BCUT2D eigenvalue weighted by atomic mass is 127. The number of rotatable bonds is 12. The molecule has 0 aliphatic rings. The lowest BCUT2D eigenvalue weighted by molar-refractivity contribution is -0.140. The van der Waals surface area contributed by atoms with E-state index in [2.05, 4.69) is 63.9 Å². The maximum atomic E-state index is 13.9. The Morgan fingerprint density at radius 2 is 1.71 bits per heavy atom. The fourth-order valence-corrected chi connectivity index (χ4v) is 6.24. The van der Waals surface area contributed by atoms with Crippen LogP contribution in [0.15, 0.2) is 40.8 Å². The summed E-state index contributed by atoms with van der Waals surface area (Å²) in [4.78, 5) is 28.4. The maximum Gasteiger partial charge on any atom is 0.314 e. The highest BCUT2D eigenvalue weighted by molar-refractivity contribution is 14.1. The lowest BCUT2D eigenvalue weighted by Crippen LogP contribution is -2.28. The molecule has 2 unspecified atom stereocenters. The summed E-state index contributed by atoms with van der Waals surface area (Å²) in [5.74, 6) is -1.36. The highest BCUT2D eigenvalue weighted by Gasteiger charge is 2.35. The largest absolute Gasteiger partial charge is 0.490 e. The van der Waals surface area contributed by atoms with E-state index in [0.717, 1.165) is 32.5 Å². The van der Waals surface area contributed by atoms with Crippen LogP contribution < -0.4 is 4.74 Å². The third kappa shape index (κ3) is 6.19. The van der Waals surface area contributed by atoms with Crippen molar-refractivity contribution in [2.24, 2.45) is 5.92 Å². The van der Waals surface area contributed by atoms with Crippen molar-refractivity contribution >= 4 is 67.9 Å². The first-order valence-corrected chi connectivity index (χ1v) is 14.0. The molecule has 0 aliphatic carbocycles. The molecule has 1 aromatic heterocycles. The van der Waals surface area contributed by atoms with Gasteiger partial charge >= 0.3 is 5.97 Å². The Morgan fingerprint density at radius 3 is 2.29 bits per heavy atom. The number of halogens is 2. The van der Waals surface area contributed by atoms with Crippen molar-refractivity contribution < 1.29 is 23.8 Å². The van der Waals surface area contributed by atoms with Crippen LogP contribution in [0.25, 0.3) is 11.0 Å². The van der Waals surface area contributed by atoms with Crippen LogP contribution in [0, 0.1) is 13.1 Å². The van der Waals surface area contributed by atoms with Gasteiger partial charge in [0.25, 0.3) is 0 Å². The molecule has 0 bridgehead atoms. The van der Waals surface area contributed by atoms with Crippen molar-refractivity contribution in [3.05, 3.63) is 60.4 Å². The summed E-state index contributed by atoms with van der Waals surface area (Å²) in [7, 11) is 0. The van der Waals surface area contributed by atoms with E-state index in [9.17, 15) is 14.7 Å². The molecular formula is C27H31I2NO5. The molecule has 2 aromatic carbocycles. The third-order valence-corrected chi connectivity index (χ3v) is 8.02. The Bertz CT molecular complexity index is 1180. The number of ketones is 1. The number of carbonyl (C=O) groups is 2. The van der Waals surface area contributed by atoms with Gasteiger partial charge in [-0.05, 0) is 82.4 Å². The number of likely N-dealkylation sites (N-methyl/N-ethyl adjacent to an activating group) is 1. The first-order valence-electron chi connectivity index (χ1n) is 11.9. The van der Waals surface area contributed by atoms with Crippen LogP contribution in [-0.2, 0) is 4.79 Å². The van der Waals surface area contributed by atoms with E-state index >= 15 is 0 Å². The van der Waals surface area contributed by atoms with E-state index in [1.165, 1.54) is 0 Å². The molecule has 188 valence electrons. The molecule has 35 heavy (non-hydrogen) atoms. The molecular weight excluding hydrogens is 672 g/mol. The average molecular weight is 703 g/mol. The monoisotopic (exact) mass is 703 g/mol.